The second-order valence-electron chi connectivity index (χ2n) is 4.15. The van der Waals surface area contributed by atoms with Crippen LogP contribution < -0.4 is 4.72 Å². The molecule has 100 valence electrons. The first-order valence-corrected chi connectivity index (χ1v) is 7.10. The molecule has 0 saturated heterocycles. The fourth-order valence-corrected chi connectivity index (χ4v) is 3.05. The third-order valence-electron chi connectivity index (χ3n) is 2.66. The van der Waals surface area contributed by atoms with Crippen molar-refractivity contribution in [1.82, 2.24) is 4.72 Å². The number of nitrogens with one attached hydrogen (secondary N) is 1. The van der Waals surface area contributed by atoms with Gasteiger partial charge in [-0.1, -0.05) is 24.3 Å². The van der Waals surface area contributed by atoms with Crippen molar-refractivity contribution in [2.45, 2.75) is 11.8 Å². The van der Waals surface area contributed by atoms with E-state index in [-0.39, 0.29) is 23.0 Å². The summed E-state index contributed by atoms with van der Waals surface area (Å²) in [4.78, 5) is 10.9. The number of phenols is 1. The van der Waals surface area contributed by atoms with Crippen LogP contribution in [0.2, 0.25) is 0 Å². The minimum atomic E-state index is -3.78. The van der Waals surface area contributed by atoms with Crippen molar-refractivity contribution in [2.75, 3.05) is 6.54 Å². The van der Waals surface area contributed by atoms with E-state index >= 15 is 0 Å². The predicted octanol–water partition coefficient (Wildman–Crippen LogP) is 1.41. The van der Waals surface area contributed by atoms with Crippen LogP contribution in [0.4, 0.5) is 0 Å². The Morgan fingerprint density at radius 3 is 2.47 bits per heavy atom. The van der Waals surface area contributed by atoms with Gasteiger partial charge in [-0.2, -0.15) is 0 Å². The van der Waals surface area contributed by atoms with Gasteiger partial charge in [0.2, 0.25) is 10.0 Å². The molecule has 6 heteroatoms. The van der Waals surface area contributed by atoms with Gasteiger partial charge < -0.3 is 5.11 Å². The lowest BCUT2D eigenvalue weighted by molar-refractivity contribution is -0.115. The van der Waals surface area contributed by atoms with Gasteiger partial charge in [-0.25, -0.2) is 13.1 Å². The van der Waals surface area contributed by atoms with Crippen LogP contribution in [0.1, 0.15) is 6.92 Å². The molecular weight excluding hydrogens is 266 g/mol. The molecule has 0 heterocycles. The summed E-state index contributed by atoms with van der Waals surface area (Å²) in [7, 11) is -3.78. The second-order valence-corrected chi connectivity index (χ2v) is 5.89. The lowest BCUT2D eigenvalue weighted by Crippen LogP contribution is -2.28. The van der Waals surface area contributed by atoms with Gasteiger partial charge in [0.25, 0.3) is 0 Å². The van der Waals surface area contributed by atoms with Crippen molar-refractivity contribution < 1.29 is 18.3 Å². The third kappa shape index (κ3) is 2.74. The summed E-state index contributed by atoms with van der Waals surface area (Å²) in [6, 6.07) is 9.28. The highest BCUT2D eigenvalue weighted by molar-refractivity contribution is 7.89. The molecule has 0 saturated carbocycles. The number of sulfonamides is 1. The molecule has 2 aromatic rings. The smallest absolute Gasteiger partial charge is 0.241 e. The number of benzene rings is 2. The van der Waals surface area contributed by atoms with E-state index in [1.807, 2.05) is 0 Å². The fourth-order valence-electron chi connectivity index (χ4n) is 1.77. The number of carbonyl (C=O) groups is 1. The second kappa shape index (κ2) is 4.99. The molecule has 0 spiro atoms. The molecule has 0 bridgehead atoms. The largest absolute Gasteiger partial charge is 0.507 e. The molecule has 5 nitrogen and oxygen atoms in total. The fraction of sp³-hybridized carbons (Fsp3) is 0.154. The van der Waals surface area contributed by atoms with Gasteiger partial charge in [0, 0.05) is 10.8 Å². The molecule has 0 aliphatic rings. The average molecular weight is 279 g/mol. The first kappa shape index (κ1) is 13.5. The lowest BCUT2D eigenvalue weighted by atomic mass is 10.1. The molecule has 0 radical (unpaired) electrons. The number of hydrogen-bond donors (Lipinski definition) is 2. The molecule has 19 heavy (non-hydrogen) atoms. The topological polar surface area (TPSA) is 83.5 Å². The maximum atomic E-state index is 12.1. The molecule has 2 rings (SSSR count). The zero-order valence-electron chi connectivity index (χ0n) is 10.3. The normalized spacial score (nSPS) is 11.6. The van der Waals surface area contributed by atoms with Crippen LogP contribution in [0.15, 0.2) is 41.3 Å². The number of phenolic OH excluding ortho intramolecular Hbond substituents is 1. The number of hydrogen-bond acceptors (Lipinski definition) is 4. The summed E-state index contributed by atoms with van der Waals surface area (Å²) in [5.74, 6) is -0.257. The van der Waals surface area contributed by atoms with Gasteiger partial charge in [-0.05, 0) is 19.1 Å². The predicted molar refractivity (Wildman–Crippen MR) is 71.5 cm³/mol. The Bertz CT molecular complexity index is 737. The number of carbonyl (C=O) groups excluding carboxylic acids is 1. The summed E-state index contributed by atoms with van der Waals surface area (Å²) in [5.41, 5.74) is 0. The minimum Gasteiger partial charge on any atom is -0.507 e. The van der Waals surface area contributed by atoms with Crippen LogP contribution in [0, 0.1) is 0 Å². The van der Waals surface area contributed by atoms with Gasteiger partial charge in [-0.15, -0.1) is 0 Å². The van der Waals surface area contributed by atoms with Crippen LogP contribution >= 0.6 is 0 Å². The van der Waals surface area contributed by atoms with Gasteiger partial charge in [0.1, 0.15) is 11.5 Å². The van der Waals surface area contributed by atoms with Crippen molar-refractivity contribution in [3.05, 3.63) is 36.4 Å². The van der Waals surface area contributed by atoms with Crippen LogP contribution in [0.25, 0.3) is 10.8 Å². The van der Waals surface area contributed by atoms with E-state index in [0.29, 0.717) is 10.8 Å². The summed E-state index contributed by atoms with van der Waals surface area (Å²) >= 11 is 0. The maximum absolute atomic E-state index is 12.1. The number of fused-ring (bicyclic) bond motifs is 1. The van der Waals surface area contributed by atoms with Crippen LogP contribution in [0.3, 0.4) is 0 Å². The van der Waals surface area contributed by atoms with Crippen molar-refractivity contribution in [3.8, 4) is 5.75 Å². The molecule has 0 aliphatic heterocycles. The van der Waals surface area contributed by atoms with E-state index in [4.69, 9.17) is 0 Å². The Kier molecular flexibility index (Phi) is 3.55. The monoisotopic (exact) mass is 279 g/mol. The molecule has 0 amide bonds. The van der Waals surface area contributed by atoms with Gasteiger partial charge in [0.15, 0.2) is 0 Å². The summed E-state index contributed by atoms with van der Waals surface area (Å²) in [6.45, 7) is 1.05. The highest BCUT2D eigenvalue weighted by Gasteiger charge is 2.18. The third-order valence-corrected chi connectivity index (χ3v) is 4.12. The molecule has 2 N–H and O–H groups in total. The molecule has 0 fully saturated rings. The Hall–Kier alpha value is -1.92. The Morgan fingerprint density at radius 1 is 1.16 bits per heavy atom. The van der Waals surface area contributed by atoms with Gasteiger partial charge in [0.05, 0.1) is 11.4 Å². The molecule has 0 aliphatic carbocycles. The van der Waals surface area contributed by atoms with Crippen molar-refractivity contribution in [3.63, 3.8) is 0 Å². The van der Waals surface area contributed by atoms with Crippen molar-refractivity contribution in [1.29, 1.82) is 0 Å². The number of ketones is 1. The van der Waals surface area contributed by atoms with E-state index in [2.05, 4.69) is 4.72 Å². The molecule has 0 unspecified atom stereocenters. The van der Waals surface area contributed by atoms with Gasteiger partial charge in [-0.3, -0.25) is 4.79 Å². The zero-order valence-corrected chi connectivity index (χ0v) is 11.1. The zero-order chi connectivity index (χ0) is 14.0. The number of aromatic hydroxyl groups is 1. The Labute approximate surface area is 110 Å². The summed E-state index contributed by atoms with van der Waals surface area (Å²) < 4.78 is 26.5. The van der Waals surface area contributed by atoms with Crippen molar-refractivity contribution in [2.24, 2.45) is 0 Å². The van der Waals surface area contributed by atoms with Crippen LogP contribution in [-0.2, 0) is 14.8 Å². The first-order chi connectivity index (χ1) is 8.92. The van der Waals surface area contributed by atoms with Crippen molar-refractivity contribution >= 4 is 26.6 Å². The SMILES string of the molecule is CC(=O)CNS(=O)(=O)c1cccc2c(O)cccc12. The summed E-state index contributed by atoms with van der Waals surface area (Å²) in [6.07, 6.45) is 0. The first-order valence-electron chi connectivity index (χ1n) is 5.61. The van der Waals surface area contributed by atoms with E-state index in [0.717, 1.165) is 0 Å². The number of Topliss-reactive ketones (excluding diaryl/α,β-unsaturated/α-hetero) is 1. The van der Waals surface area contributed by atoms with Gasteiger partial charge >= 0.3 is 0 Å². The molecular formula is C13H13NO4S. The van der Waals surface area contributed by atoms with E-state index in [1.54, 1.807) is 24.3 Å². The van der Waals surface area contributed by atoms with E-state index in [9.17, 15) is 18.3 Å². The highest BCUT2D eigenvalue weighted by Crippen LogP contribution is 2.29. The summed E-state index contributed by atoms with van der Waals surface area (Å²) in [5, 5.41) is 10.6. The van der Waals surface area contributed by atoms with Crippen LogP contribution in [0.5, 0.6) is 5.75 Å². The van der Waals surface area contributed by atoms with Crippen LogP contribution in [-0.4, -0.2) is 25.9 Å². The Morgan fingerprint density at radius 2 is 1.79 bits per heavy atom. The molecule has 2 aromatic carbocycles. The average Bonchev–Trinajstić information content (AvgIpc) is 2.36. The standard InChI is InChI=1S/C13H13NO4S/c1-9(15)8-14-19(17,18)13-7-3-4-10-11(13)5-2-6-12(10)16/h2-7,14,16H,8H2,1H3. The lowest BCUT2D eigenvalue weighted by Gasteiger charge is -2.09. The highest BCUT2D eigenvalue weighted by atomic mass is 32.2. The minimum absolute atomic E-state index is 0.0149. The number of rotatable bonds is 4. The quantitative estimate of drug-likeness (QED) is 0.886. The molecule has 0 aromatic heterocycles. The van der Waals surface area contributed by atoms with E-state index < -0.39 is 10.0 Å². The Balaban J connectivity index is 2.57. The molecule has 0 atom stereocenters. The van der Waals surface area contributed by atoms with E-state index in [1.165, 1.54) is 19.1 Å². The maximum Gasteiger partial charge on any atom is 0.241 e.